The molecule has 4 rings (SSSR count). The van der Waals surface area contributed by atoms with Crippen LogP contribution >= 0.6 is 0 Å². The molecule has 0 saturated heterocycles. The van der Waals surface area contributed by atoms with Crippen LogP contribution in [0.1, 0.15) is 59.3 Å². The molecule has 1 heterocycles. The summed E-state index contributed by atoms with van der Waals surface area (Å²) in [5.41, 5.74) is 2.97. The number of aryl methyl sites for hydroxylation is 1. The van der Waals surface area contributed by atoms with E-state index in [9.17, 15) is 9.59 Å². The fourth-order valence-corrected chi connectivity index (χ4v) is 3.75. The van der Waals surface area contributed by atoms with Crippen molar-refractivity contribution in [1.82, 2.24) is 14.9 Å². The van der Waals surface area contributed by atoms with E-state index in [1.807, 2.05) is 50.2 Å². The lowest BCUT2D eigenvalue weighted by molar-refractivity contribution is 0.0951. The summed E-state index contributed by atoms with van der Waals surface area (Å²) < 4.78 is 1.48. The van der Waals surface area contributed by atoms with E-state index < -0.39 is 0 Å². The number of rotatable bonds is 7. The summed E-state index contributed by atoms with van der Waals surface area (Å²) in [4.78, 5) is 30.1. The summed E-state index contributed by atoms with van der Waals surface area (Å²) in [7, 11) is 0. The highest BCUT2D eigenvalue weighted by Gasteiger charge is 2.25. The van der Waals surface area contributed by atoms with Crippen LogP contribution in [0.25, 0.3) is 5.69 Å². The van der Waals surface area contributed by atoms with E-state index >= 15 is 0 Å². The van der Waals surface area contributed by atoms with Crippen LogP contribution in [0.5, 0.6) is 0 Å². The highest BCUT2D eigenvalue weighted by Crippen LogP contribution is 2.23. The Morgan fingerprint density at radius 2 is 1.97 bits per heavy atom. The molecule has 1 saturated carbocycles. The first-order chi connectivity index (χ1) is 15.0. The predicted octanol–water partition coefficient (Wildman–Crippen LogP) is 3.99. The Bertz CT molecular complexity index is 1180. The van der Waals surface area contributed by atoms with Crippen LogP contribution in [-0.2, 0) is 0 Å². The molecule has 2 aromatic carbocycles. The molecule has 0 bridgehead atoms. The first kappa shape index (κ1) is 20.7. The van der Waals surface area contributed by atoms with Gasteiger partial charge in [0.25, 0.3) is 11.5 Å². The molecule has 6 nitrogen and oxygen atoms in total. The summed E-state index contributed by atoms with van der Waals surface area (Å²) in [6.45, 7) is 3.90. The molecule has 3 aromatic rings. The van der Waals surface area contributed by atoms with Crippen molar-refractivity contribution in [3.63, 3.8) is 0 Å². The van der Waals surface area contributed by atoms with E-state index in [-0.39, 0.29) is 34.8 Å². The number of hydrogen-bond acceptors (Lipinski definition) is 4. The van der Waals surface area contributed by atoms with Crippen molar-refractivity contribution in [2.45, 2.75) is 45.1 Å². The number of aromatic nitrogens is 2. The lowest BCUT2D eigenvalue weighted by atomic mass is 9.90. The molecule has 1 amide bonds. The van der Waals surface area contributed by atoms with Gasteiger partial charge in [0, 0.05) is 29.9 Å². The van der Waals surface area contributed by atoms with Crippen LogP contribution in [0.3, 0.4) is 0 Å². The van der Waals surface area contributed by atoms with Crippen molar-refractivity contribution in [1.29, 1.82) is 5.41 Å². The lowest BCUT2D eigenvalue weighted by Crippen LogP contribution is -2.30. The van der Waals surface area contributed by atoms with Gasteiger partial charge in [-0.3, -0.25) is 14.2 Å². The van der Waals surface area contributed by atoms with Crippen molar-refractivity contribution in [2.24, 2.45) is 0 Å². The molecular weight excluding hydrogens is 388 g/mol. The molecule has 0 radical (unpaired) electrons. The van der Waals surface area contributed by atoms with Gasteiger partial charge in [-0.25, -0.2) is 4.98 Å². The van der Waals surface area contributed by atoms with Crippen LogP contribution in [0, 0.1) is 12.3 Å². The lowest BCUT2D eigenvalue weighted by Gasteiger charge is -2.17. The summed E-state index contributed by atoms with van der Waals surface area (Å²) in [6.07, 6.45) is 5.85. The predicted molar refractivity (Wildman–Crippen MR) is 121 cm³/mol. The Morgan fingerprint density at radius 1 is 1.23 bits per heavy atom. The van der Waals surface area contributed by atoms with Gasteiger partial charge in [0.1, 0.15) is 5.69 Å². The molecule has 1 aliphatic rings. The zero-order valence-electron chi connectivity index (χ0n) is 17.8. The van der Waals surface area contributed by atoms with Crippen molar-refractivity contribution in [3.8, 4) is 5.69 Å². The monoisotopic (exact) mass is 414 g/mol. The van der Waals surface area contributed by atoms with Crippen LogP contribution in [0.15, 0.2) is 65.7 Å². The van der Waals surface area contributed by atoms with Crippen LogP contribution in [0.4, 0.5) is 0 Å². The van der Waals surface area contributed by atoms with Crippen LogP contribution in [0.2, 0.25) is 0 Å². The van der Waals surface area contributed by atoms with E-state index in [0.717, 1.165) is 24.0 Å². The number of hydrogen-bond donors (Lipinski definition) is 2. The third-order valence-corrected chi connectivity index (χ3v) is 5.70. The summed E-state index contributed by atoms with van der Waals surface area (Å²) in [6, 6.07) is 15.3. The van der Waals surface area contributed by atoms with Gasteiger partial charge in [0.15, 0.2) is 0 Å². The van der Waals surface area contributed by atoms with E-state index in [0.29, 0.717) is 17.7 Å². The molecule has 158 valence electrons. The normalized spacial score (nSPS) is 14.1. The molecule has 0 aliphatic heterocycles. The number of nitrogens with zero attached hydrogens (tertiary/aromatic N) is 2. The molecule has 1 atom stereocenters. The minimum Gasteiger partial charge on any atom is -0.349 e. The van der Waals surface area contributed by atoms with Gasteiger partial charge in [-0.15, -0.1) is 0 Å². The zero-order chi connectivity index (χ0) is 22.0. The fraction of sp³-hybridized carbons (Fsp3) is 0.280. The maximum Gasteiger partial charge on any atom is 0.282 e. The van der Waals surface area contributed by atoms with Gasteiger partial charge in [-0.2, -0.15) is 0 Å². The van der Waals surface area contributed by atoms with E-state index in [1.54, 1.807) is 24.5 Å². The molecule has 31 heavy (non-hydrogen) atoms. The van der Waals surface area contributed by atoms with Gasteiger partial charge < -0.3 is 10.7 Å². The van der Waals surface area contributed by atoms with Gasteiger partial charge in [-0.05, 0) is 49.4 Å². The summed E-state index contributed by atoms with van der Waals surface area (Å²) in [5, 5.41) is 11.7. The maximum absolute atomic E-state index is 13.3. The largest absolute Gasteiger partial charge is 0.349 e. The van der Waals surface area contributed by atoms with Gasteiger partial charge >= 0.3 is 0 Å². The minimum absolute atomic E-state index is 0.130. The Hall–Kier alpha value is -3.54. The molecule has 1 aromatic heterocycles. The number of carbonyl (C=O) groups excluding carboxylic acids is 1. The number of amides is 1. The number of nitrogens with one attached hydrogen (secondary N) is 2. The standard InChI is InChI=1S/C25H26N4O2/c1-3-20(17-7-5-4-6-8-17)22(26)23-25(31)29(14-13-27-23)21-15-18(10-9-16(21)2)24(30)28-19-11-12-19/h4-10,13-15,19-20,26H,3,11-12H2,1-2H3,(H,28,30). The van der Waals surface area contributed by atoms with Crippen molar-refractivity contribution >= 4 is 11.6 Å². The third-order valence-electron chi connectivity index (χ3n) is 5.70. The first-order valence-corrected chi connectivity index (χ1v) is 10.6. The molecule has 1 fully saturated rings. The smallest absolute Gasteiger partial charge is 0.282 e. The third kappa shape index (κ3) is 4.33. The average Bonchev–Trinajstić information content (AvgIpc) is 3.59. The highest BCUT2D eigenvalue weighted by molar-refractivity contribution is 6.01. The van der Waals surface area contributed by atoms with Crippen LogP contribution in [-0.4, -0.2) is 27.2 Å². The second kappa shape index (κ2) is 8.68. The average molecular weight is 415 g/mol. The summed E-state index contributed by atoms with van der Waals surface area (Å²) in [5.74, 6) is -0.344. The number of benzene rings is 2. The Labute approximate surface area is 181 Å². The van der Waals surface area contributed by atoms with E-state index in [2.05, 4.69) is 10.3 Å². The molecule has 1 unspecified atom stereocenters. The summed E-state index contributed by atoms with van der Waals surface area (Å²) >= 11 is 0. The molecular formula is C25H26N4O2. The Kier molecular flexibility index (Phi) is 5.80. The van der Waals surface area contributed by atoms with E-state index in [4.69, 9.17) is 5.41 Å². The molecule has 6 heteroatoms. The zero-order valence-corrected chi connectivity index (χ0v) is 17.8. The van der Waals surface area contributed by atoms with Crippen LogP contribution < -0.4 is 10.9 Å². The molecule has 0 spiro atoms. The number of carbonyl (C=O) groups is 1. The van der Waals surface area contributed by atoms with Crippen molar-refractivity contribution in [3.05, 3.63) is 93.7 Å². The quantitative estimate of drug-likeness (QED) is 0.573. The van der Waals surface area contributed by atoms with Crippen molar-refractivity contribution in [2.75, 3.05) is 0 Å². The van der Waals surface area contributed by atoms with Crippen molar-refractivity contribution < 1.29 is 4.79 Å². The second-order valence-corrected chi connectivity index (χ2v) is 7.99. The topological polar surface area (TPSA) is 87.8 Å². The minimum atomic E-state index is -0.357. The maximum atomic E-state index is 13.3. The first-order valence-electron chi connectivity index (χ1n) is 10.6. The Morgan fingerprint density at radius 3 is 2.65 bits per heavy atom. The van der Waals surface area contributed by atoms with Gasteiger partial charge in [0.2, 0.25) is 0 Å². The fourth-order valence-electron chi connectivity index (χ4n) is 3.75. The molecule has 1 aliphatic carbocycles. The SMILES string of the molecule is CCC(C(=N)c1nccn(-c2cc(C(=O)NC3CC3)ccc2C)c1=O)c1ccccc1. The second-order valence-electron chi connectivity index (χ2n) is 7.99. The van der Waals surface area contributed by atoms with E-state index in [1.165, 1.54) is 4.57 Å². The molecule has 2 N–H and O–H groups in total. The van der Waals surface area contributed by atoms with Gasteiger partial charge in [-0.1, -0.05) is 43.3 Å². The van der Waals surface area contributed by atoms with Gasteiger partial charge in [0.05, 0.1) is 11.4 Å². The highest BCUT2D eigenvalue weighted by atomic mass is 16.2. The Balaban J connectivity index is 1.72.